The highest BCUT2D eigenvalue weighted by molar-refractivity contribution is 5.99. The number of piperidine rings is 2. The second-order valence-corrected chi connectivity index (χ2v) is 7.58. The van der Waals surface area contributed by atoms with Gasteiger partial charge in [-0.2, -0.15) is 0 Å². The molecule has 2 saturated heterocycles. The third-order valence-electron chi connectivity index (χ3n) is 5.31. The molecule has 0 spiro atoms. The van der Waals surface area contributed by atoms with Gasteiger partial charge in [0.2, 0.25) is 5.91 Å². The number of rotatable bonds is 3. The summed E-state index contributed by atoms with van der Waals surface area (Å²) < 4.78 is 46.1. The molecule has 0 aliphatic carbocycles. The average Bonchev–Trinajstić information content (AvgIpc) is 2.71. The van der Waals surface area contributed by atoms with Gasteiger partial charge in [-0.3, -0.25) is 14.5 Å². The Morgan fingerprint density at radius 2 is 1.90 bits per heavy atom. The van der Waals surface area contributed by atoms with Crippen LogP contribution in [-0.2, 0) is 9.53 Å². The van der Waals surface area contributed by atoms with E-state index in [1.54, 1.807) is 0 Å². The second-order valence-electron chi connectivity index (χ2n) is 7.58. The van der Waals surface area contributed by atoms with Crippen LogP contribution in [0.3, 0.4) is 0 Å². The summed E-state index contributed by atoms with van der Waals surface area (Å²) in [6.07, 6.45) is 1.13. The highest BCUT2D eigenvalue weighted by Gasteiger charge is 2.37. The number of amides is 3. The third kappa shape index (κ3) is 5.03. The normalized spacial score (nSPS) is 21.1. The molecule has 1 aromatic rings. The van der Waals surface area contributed by atoms with Gasteiger partial charge in [0.1, 0.15) is 11.9 Å². The van der Waals surface area contributed by atoms with E-state index in [-0.39, 0.29) is 30.6 Å². The van der Waals surface area contributed by atoms with Gasteiger partial charge in [0, 0.05) is 30.8 Å². The van der Waals surface area contributed by atoms with E-state index in [9.17, 15) is 27.6 Å². The topological polar surface area (TPSA) is 79.0 Å². The number of methoxy groups -OCH3 is 1. The van der Waals surface area contributed by atoms with E-state index in [1.807, 2.05) is 0 Å². The van der Waals surface area contributed by atoms with Crippen molar-refractivity contribution in [1.82, 2.24) is 9.80 Å². The van der Waals surface area contributed by atoms with Crippen molar-refractivity contribution in [2.45, 2.75) is 44.1 Å². The van der Waals surface area contributed by atoms with E-state index >= 15 is 0 Å². The van der Waals surface area contributed by atoms with Crippen LogP contribution in [0.5, 0.6) is 0 Å². The minimum Gasteiger partial charge on any atom is -0.453 e. The number of alkyl halides is 2. The van der Waals surface area contributed by atoms with Crippen molar-refractivity contribution in [1.29, 1.82) is 0 Å². The SMILES string of the molecule is COC(=O)N1CCCCC1C(=O)Nc1cc(F)cc(C(=O)N2CCCC(F)(F)C2)c1. The summed E-state index contributed by atoms with van der Waals surface area (Å²) >= 11 is 0. The van der Waals surface area contributed by atoms with Crippen molar-refractivity contribution in [3.05, 3.63) is 29.6 Å². The van der Waals surface area contributed by atoms with Crippen LogP contribution in [0.15, 0.2) is 18.2 Å². The van der Waals surface area contributed by atoms with E-state index in [1.165, 1.54) is 18.1 Å². The van der Waals surface area contributed by atoms with Crippen LogP contribution in [-0.4, -0.2) is 66.4 Å². The molecule has 2 aliphatic heterocycles. The van der Waals surface area contributed by atoms with Gasteiger partial charge in [-0.15, -0.1) is 0 Å². The fourth-order valence-electron chi connectivity index (χ4n) is 3.87. The smallest absolute Gasteiger partial charge is 0.410 e. The molecular weight excluding hydrogens is 403 g/mol. The number of nitrogens with one attached hydrogen (secondary N) is 1. The molecule has 2 aliphatic rings. The zero-order chi connectivity index (χ0) is 21.9. The van der Waals surface area contributed by atoms with E-state index in [0.29, 0.717) is 13.0 Å². The number of hydrogen-bond acceptors (Lipinski definition) is 4. The first-order valence-electron chi connectivity index (χ1n) is 9.83. The molecule has 2 heterocycles. The lowest BCUT2D eigenvalue weighted by atomic mass is 10.0. The molecule has 1 unspecified atom stereocenters. The van der Waals surface area contributed by atoms with Gasteiger partial charge in [0.05, 0.1) is 13.7 Å². The predicted molar refractivity (Wildman–Crippen MR) is 102 cm³/mol. The monoisotopic (exact) mass is 427 g/mol. The largest absolute Gasteiger partial charge is 0.453 e. The summed E-state index contributed by atoms with van der Waals surface area (Å²) in [5.74, 6) is -5.02. The summed E-state index contributed by atoms with van der Waals surface area (Å²) in [5, 5.41) is 2.53. The van der Waals surface area contributed by atoms with E-state index < -0.39 is 42.2 Å². The van der Waals surface area contributed by atoms with Crippen LogP contribution >= 0.6 is 0 Å². The Morgan fingerprint density at radius 1 is 1.13 bits per heavy atom. The van der Waals surface area contributed by atoms with Crippen molar-refractivity contribution in [2.24, 2.45) is 0 Å². The number of nitrogens with zero attached hydrogens (tertiary/aromatic N) is 2. The van der Waals surface area contributed by atoms with Gasteiger partial charge in [-0.25, -0.2) is 18.0 Å². The fourth-order valence-corrected chi connectivity index (χ4v) is 3.87. The molecule has 1 atom stereocenters. The number of likely N-dealkylation sites (tertiary alicyclic amines) is 2. The first kappa shape index (κ1) is 21.9. The highest BCUT2D eigenvalue weighted by atomic mass is 19.3. The number of carbonyl (C=O) groups excluding carboxylic acids is 3. The summed E-state index contributed by atoms with van der Waals surface area (Å²) in [6.45, 7) is -0.205. The second kappa shape index (κ2) is 8.93. The average molecular weight is 427 g/mol. The first-order chi connectivity index (χ1) is 14.2. The molecule has 164 valence electrons. The molecule has 0 radical (unpaired) electrons. The molecule has 3 rings (SSSR count). The Kier molecular flexibility index (Phi) is 6.52. The van der Waals surface area contributed by atoms with Crippen LogP contribution in [0, 0.1) is 5.82 Å². The number of benzene rings is 1. The molecule has 2 fully saturated rings. The molecule has 0 bridgehead atoms. The number of carbonyl (C=O) groups is 3. The zero-order valence-electron chi connectivity index (χ0n) is 16.6. The Bertz CT molecular complexity index is 834. The molecular formula is C20H24F3N3O4. The van der Waals surface area contributed by atoms with Gasteiger partial charge in [0.25, 0.3) is 11.8 Å². The van der Waals surface area contributed by atoms with Crippen LogP contribution < -0.4 is 5.32 Å². The lowest BCUT2D eigenvalue weighted by molar-refractivity contribution is -0.121. The van der Waals surface area contributed by atoms with Crippen molar-refractivity contribution < 1.29 is 32.3 Å². The molecule has 30 heavy (non-hydrogen) atoms. The maximum atomic E-state index is 14.1. The van der Waals surface area contributed by atoms with Gasteiger partial charge in [-0.05, 0) is 43.9 Å². The van der Waals surface area contributed by atoms with Crippen LogP contribution in [0.4, 0.5) is 23.7 Å². The van der Waals surface area contributed by atoms with E-state index in [0.717, 1.165) is 29.9 Å². The van der Waals surface area contributed by atoms with Gasteiger partial charge >= 0.3 is 6.09 Å². The Labute approximate surface area is 172 Å². The van der Waals surface area contributed by atoms with Crippen molar-refractivity contribution >= 4 is 23.6 Å². The molecule has 1 N–H and O–H groups in total. The number of halogens is 3. The molecule has 0 aromatic heterocycles. The van der Waals surface area contributed by atoms with Crippen LogP contribution in [0.25, 0.3) is 0 Å². The summed E-state index contributed by atoms with van der Waals surface area (Å²) in [6, 6.07) is 2.45. The van der Waals surface area contributed by atoms with Crippen LogP contribution in [0.1, 0.15) is 42.5 Å². The number of hydrogen-bond donors (Lipinski definition) is 1. The Balaban J connectivity index is 1.75. The van der Waals surface area contributed by atoms with Gasteiger partial charge in [-0.1, -0.05) is 0 Å². The molecule has 3 amide bonds. The minimum absolute atomic E-state index is 0.0162. The number of anilines is 1. The van der Waals surface area contributed by atoms with Crippen molar-refractivity contribution in [3.63, 3.8) is 0 Å². The van der Waals surface area contributed by atoms with Crippen molar-refractivity contribution in [2.75, 3.05) is 32.1 Å². The molecule has 7 nitrogen and oxygen atoms in total. The molecule has 0 saturated carbocycles. The maximum Gasteiger partial charge on any atom is 0.410 e. The summed E-state index contributed by atoms with van der Waals surface area (Å²) in [4.78, 5) is 39.5. The van der Waals surface area contributed by atoms with Crippen molar-refractivity contribution in [3.8, 4) is 0 Å². The number of ether oxygens (including phenoxy) is 1. The van der Waals surface area contributed by atoms with E-state index in [2.05, 4.69) is 5.32 Å². The summed E-state index contributed by atoms with van der Waals surface area (Å²) in [7, 11) is 1.22. The molecule has 10 heteroatoms. The van der Waals surface area contributed by atoms with Gasteiger partial charge < -0.3 is 15.0 Å². The highest BCUT2D eigenvalue weighted by Crippen LogP contribution is 2.28. The standard InChI is InChI=1S/C20H24F3N3O4/c1-30-19(29)26-8-3-2-5-16(26)17(27)24-15-10-13(9-14(21)11-15)18(28)25-7-4-6-20(22,23)12-25/h9-11,16H,2-8,12H2,1H3,(H,24,27). The Morgan fingerprint density at radius 3 is 2.60 bits per heavy atom. The Hall–Kier alpha value is -2.78. The molecule has 1 aromatic carbocycles. The third-order valence-corrected chi connectivity index (χ3v) is 5.31. The quantitative estimate of drug-likeness (QED) is 0.803. The van der Waals surface area contributed by atoms with E-state index in [4.69, 9.17) is 4.74 Å². The summed E-state index contributed by atoms with van der Waals surface area (Å²) in [5.41, 5.74) is -0.112. The predicted octanol–water partition coefficient (Wildman–Crippen LogP) is 3.26. The zero-order valence-corrected chi connectivity index (χ0v) is 16.6. The lowest BCUT2D eigenvalue weighted by Crippen LogP contribution is -2.50. The fraction of sp³-hybridized carbons (Fsp3) is 0.550. The maximum absolute atomic E-state index is 14.1. The van der Waals surface area contributed by atoms with Crippen LogP contribution in [0.2, 0.25) is 0 Å². The minimum atomic E-state index is -2.98. The van der Waals surface area contributed by atoms with Gasteiger partial charge in [0.15, 0.2) is 0 Å². The lowest BCUT2D eigenvalue weighted by Gasteiger charge is -2.33. The first-order valence-corrected chi connectivity index (χ1v) is 9.83.